The second-order valence-corrected chi connectivity index (χ2v) is 8.75. The lowest BCUT2D eigenvalue weighted by atomic mass is 10.1. The lowest BCUT2D eigenvalue weighted by Crippen LogP contribution is -2.20. The highest BCUT2D eigenvalue weighted by atomic mass is 19.4. The molecule has 0 radical (unpaired) electrons. The average molecular weight is 554 g/mol. The number of methoxy groups -OCH3 is 1. The van der Waals surface area contributed by atoms with Gasteiger partial charge in [-0.3, -0.25) is 19.0 Å². The van der Waals surface area contributed by atoms with Crippen molar-refractivity contribution < 1.29 is 27.5 Å². The Balaban J connectivity index is 1.51. The number of hydrogen-bond acceptors (Lipinski definition) is 7. The first-order valence-corrected chi connectivity index (χ1v) is 11.7. The number of nitrogens with zero attached hydrogens (tertiary/aromatic N) is 7. The molecule has 40 heavy (non-hydrogen) atoms. The Bertz CT molecular complexity index is 1750. The molecule has 0 atom stereocenters. The van der Waals surface area contributed by atoms with Gasteiger partial charge in [0, 0.05) is 19.7 Å². The number of halogens is 3. The fraction of sp³-hybridized carbons (Fsp3) is 0.200. The molecule has 0 aliphatic rings. The molecule has 4 aromatic heterocycles. The lowest BCUT2D eigenvalue weighted by molar-refractivity contribution is -0.142. The number of benzene rings is 1. The van der Waals surface area contributed by atoms with Crippen molar-refractivity contribution in [2.45, 2.75) is 13.1 Å². The van der Waals surface area contributed by atoms with Crippen LogP contribution < -0.4 is 15.4 Å². The third-order valence-electron chi connectivity index (χ3n) is 6.28. The third kappa shape index (κ3) is 4.72. The average Bonchev–Trinajstić information content (AvgIpc) is 3.60. The number of alkyl halides is 3. The zero-order valence-corrected chi connectivity index (χ0v) is 21.6. The second kappa shape index (κ2) is 9.83. The monoisotopic (exact) mass is 553 g/mol. The molecular formula is C25H22F3N9O3. The van der Waals surface area contributed by atoms with E-state index in [1.165, 1.54) is 31.2 Å². The number of carbonyl (C=O) groups excluding carboxylic acids is 2. The Labute approximate surface area is 224 Å². The highest BCUT2D eigenvalue weighted by molar-refractivity contribution is 6.13. The highest BCUT2D eigenvalue weighted by Crippen LogP contribution is 2.33. The van der Waals surface area contributed by atoms with E-state index >= 15 is 0 Å². The van der Waals surface area contributed by atoms with Gasteiger partial charge in [-0.05, 0) is 37.3 Å². The summed E-state index contributed by atoms with van der Waals surface area (Å²) in [5, 5.41) is 17.2. The summed E-state index contributed by atoms with van der Waals surface area (Å²) in [6, 6.07) is 7.13. The molecule has 1 aromatic carbocycles. The summed E-state index contributed by atoms with van der Waals surface area (Å²) < 4.78 is 50.4. The molecule has 2 amide bonds. The van der Waals surface area contributed by atoms with E-state index in [-0.39, 0.29) is 28.3 Å². The first-order chi connectivity index (χ1) is 19.0. The molecule has 0 bridgehead atoms. The van der Waals surface area contributed by atoms with Crippen molar-refractivity contribution in [2.24, 2.45) is 14.1 Å². The SMILES string of the molecule is COc1ccc(-c2cc(C(F)(F)F)n3ncc(C(=O)Nc4cnn(C)c4C(=O)Nc4cnn(C)c4C)c3n2)cc1. The highest BCUT2D eigenvalue weighted by Gasteiger charge is 2.36. The predicted molar refractivity (Wildman–Crippen MR) is 137 cm³/mol. The molecule has 0 aliphatic heterocycles. The molecule has 15 heteroatoms. The van der Waals surface area contributed by atoms with Crippen molar-refractivity contribution in [1.82, 2.24) is 34.2 Å². The number of amides is 2. The number of ether oxygens (including phenoxy) is 1. The number of fused-ring (bicyclic) bond motifs is 1. The van der Waals surface area contributed by atoms with Crippen molar-refractivity contribution in [2.75, 3.05) is 17.7 Å². The van der Waals surface area contributed by atoms with Crippen LogP contribution >= 0.6 is 0 Å². The number of carbonyl (C=O) groups is 2. The van der Waals surface area contributed by atoms with E-state index in [2.05, 4.69) is 30.9 Å². The van der Waals surface area contributed by atoms with E-state index in [4.69, 9.17) is 4.74 Å². The van der Waals surface area contributed by atoms with E-state index in [0.29, 0.717) is 27.2 Å². The molecular weight excluding hydrogens is 531 g/mol. The maximum Gasteiger partial charge on any atom is 0.433 e. The van der Waals surface area contributed by atoms with Gasteiger partial charge in [0.2, 0.25) is 0 Å². The second-order valence-electron chi connectivity index (χ2n) is 8.75. The minimum absolute atomic E-state index is 0.0101. The minimum Gasteiger partial charge on any atom is -0.497 e. The van der Waals surface area contributed by atoms with Crippen molar-refractivity contribution in [3.8, 4) is 17.0 Å². The Morgan fingerprint density at radius 2 is 1.55 bits per heavy atom. The van der Waals surface area contributed by atoms with Crippen molar-refractivity contribution >= 4 is 28.8 Å². The zero-order valence-electron chi connectivity index (χ0n) is 21.6. The fourth-order valence-corrected chi connectivity index (χ4v) is 4.03. The van der Waals surface area contributed by atoms with Crippen LogP contribution in [0.1, 0.15) is 32.2 Å². The Kier molecular flexibility index (Phi) is 6.49. The van der Waals surface area contributed by atoms with Gasteiger partial charge in [-0.25, -0.2) is 9.50 Å². The number of aromatic nitrogens is 7. The number of aryl methyl sites for hydroxylation is 2. The van der Waals surface area contributed by atoms with Crippen LogP contribution in [-0.2, 0) is 20.3 Å². The van der Waals surface area contributed by atoms with Gasteiger partial charge in [0.25, 0.3) is 11.8 Å². The van der Waals surface area contributed by atoms with Crippen LogP contribution in [-0.4, -0.2) is 53.1 Å². The Morgan fingerprint density at radius 1 is 0.900 bits per heavy atom. The number of hydrogen-bond donors (Lipinski definition) is 2. The first-order valence-electron chi connectivity index (χ1n) is 11.7. The van der Waals surface area contributed by atoms with Crippen LogP contribution in [0.25, 0.3) is 16.9 Å². The summed E-state index contributed by atoms with van der Waals surface area (Å²) in [6.45, 7) is 1.77. The standard InChI is InChI=1S/C25H22F3N9O3/c1-13-18(11-29-35(13)2)33-24(39)21-19(12-30-36(21)3)34-23(38)16-10-31-37-20(25(26,27)28)9-17(32-22(16)37)14-5-7-15(40-4)8-6-14/h5-12H,1-4H3,(H,33,39)(H,34,38). The number of rotatable bonds is 6. The molecule has 0 saturated carbocycles. The summed E-state index contributed by atoms with van der Waals surface area (Å²) in [5.74, 6) is -0.895. The van der Waals surface area contributed by atoms with E-state index in [9.17, 15) is 22.8 Å². The quantitative estimate of drug-likeness (QED) is 0.328. The number of anilines is 2. The van der Waals surface area contributed by atoms with Crippen LogP contribution in [0.15, 0.2) is 48.9 Å². The van der Waals surface area contributed by atoms with Crippen LogP contribution in [0.4, 0.5) is 24.5 Å². The van der Waals surface area contributed by atoms with E-state index < -0.39 is 23.7 Å². The maximum absolute atomic E-state index is 14.0. The van der Waals surface area contributed by atoms with Gasteiger partial charge in [0.05, 0.1) is 48.5 Å². The van der Waals surface area contributed by atoms with Crippen LogP contribution in [0.3, 0.4) is 0 Å². The summed E-state index contributed by atoms with van der Waals surface area (Å²) in [5.41, 5.74) is -0.114. The minimum atomic E-state index is -4.79. The topological polar surface area (TPSA) is 133 Å². The molecule has 12 nitrogen and oxygen atoms in total. The summed E-state index contributed by atoms with van der Waals surface area (Å²) in [7, 11) is 4.69. The molecule has 0 unspecified atom stereocenters. The summed E-state index contributed by atoms with van der Waals surface area (Å²) in [4.78, 5) is 30.7. The number of nitrogens with one attached hydrogen (secondary N) is 2. The van der Waals surface area contributed by atoms with Crippen molar-refractivity contribution in [3.63, 3.8) is 0 Å². The molecule has 0 fully saturated rings. The predicted octanol–water partition coefficient (Wildman–Crippen LogP) is 3.70. The van der Waals surface area contributed by atoms with Gasteiger partial charge >= 0.3 is 6.18 Å². The van der Waals surface area contributed by atoms with Gasteiger partial charge < -0.3 is 15.4 Å². The fourth-order valence-electron chi connectivity index (χ4n) is 4.03. The third-order valence-corrected chi connectivity index (χ3v) is 6.28. The summed E-state index contributed by atoms with van der Waals surface area (Å²) >= 11 is 0. The lowest BCUT2D eigenvalue weighted by Gasteiger charge is -2.12. The van der Waals surface area contributed by atoms with E-state index in [1.807, 2.05) is 0 Å². The molecule has 5 aromatic rings. The molecule has 5 rings (SSSR count). The molecule has 2 N–H and O–H groups in total. The Hall–Kier alpha value is -5.21. The molecule has 206 valence electrons. The van der Waals surface area contributed by atoms with Gasteiger partial charge in [-0.1, -0.05) is 0 Å². The molecule has 0 aliphatic carbocycles. The Morgan fingerprint density at radius 3 is 2.17 bits per heavy atom. The van der Waals surface area contributed by atoms with Gasteiger partial charge in [0.1, 0.15) is 17.0 Å². The van der Waals surface area contributed by atoms with Gasteiger partial charge in [-0.2, -0.15) is 28.5 Å². The largest absolute Gasteiger partial charge is 0.497 e. The van der Waals surface area contributed by atoms with Crippen molar-refractivity contribution in [1.29, 1.82) is 0 Å². The first kappa shape index (κ1) is 26.4. The van der Waals surface area contributed by atoms with Gasteiger partial charge in [-0.15, -0.1) is 0 Å². The van der Waals surface area contributed by atoms with Crippen LogP contribution in [0, 0.1) is 6.92 Å². The van der Waals surface area contributed by atoms with E-state index in [1.54, 1.807) is 42.9 Å². The zero-order chi connectivity index (χ0) is 28.8. The molecule has 0 spiro atoms. The van der Waals surface area contributed by atoms with Gasteiger partial charge in [0.15, 0.2) is 11.3 Å². The van der Waals surface area contributed by atoms with Crippen LogP contribution in [0.2, 0.25) is 0 Å². The molecule has 4 heterocycles. The maximum atomic E-state index is 14.0. The molecule has 0 saturated heterocycles. The normalized spacial score (nSPS) is 11.6. The van der Waals surface area contributed by atoms with Crippen LogP contribution in [0.5, 0.6) is 5.75 Å². The summed E-state index contributed by atoms with van der Waals surface area (Å²) in [6.07, 6.45) is -1.07. The van der Waals surface area contributed by atoms with Crippen molar-refractivity contribution in [3.05, 3.63) is 71.6 Å². The van der Waals surface area contributed by atoms with E-state index in [0.717, 1.165) is 12.3 Å². The smallest absolute Gasteiger partial charge is 0.433 e.